The van der Waals surface area contributed by atoms with Gasteiger partial charge in [0.1, 0.15) is 17.2 Å². The molecule has 0 unspecified atom stereocenters. The highest BCUT2D eigenvalue weighted by Gasteiger charge is 2.26. The largest absolute Gasteiger partial charge is 0.366 e. The van der Waals surface area contributed by atoms with Crippen LogP contribution in [-0.4, -0.2) is 46.5 Å². The summed E-state index contributed by atoms with van der Waals surface area (Å²) < 4.78 is 28.8. The van der Waals surface area contributed by atoms with Crippen LogP contribution in [0.1, 0.15) is 15.9 Å². The van der Waals surface area contributed by atoms with E-state index in [0.717, 1.165) is 10.8 Å². The second-order valence-electron chi connectivity index (χ2n) is 7.22. The molecule has 2 heterocycles. The maximum absolute atomic E-state index is 14.0. The Morgan fingerprint density at radius 3 is 2.23 bits per heavy atom. The number of hydrogen-bond acceptors (Lipinski definition) is 4. The van der Waals surface area contributed by atoms with Gasteiger partial charge in [0.15, 0.2) is 0 Å². The summed E-state index contributed by atoms with van der Waals surface area (Å²) in [5, 5.41) is 0. The molecule has 1 aliphatic rings. The Bertz CT molecular complexity index is 1230. The molecule has 0 atom stereocenters. The monoisotopic (exact) mass is 426 g/mol. The summed E-state index contributed by atoms with van der Waals surface area (Å²) >= 11 is 0. The zero-order chi connectivity index (χ0) is 22.0. The number of aromatic nitrogens is 2. The van der Waals surface area contributed by atoms with Gasteiger partial charge in [-0.05, 0) is 18.2 Å². The molecule has 0 radical (unpaired) electrons. The minimum Gasteiger partial charge on any atom is -0.366 e. The number of anilines is 1. The number of rotatable bonds is 4. The molecule has 31 heavy (non-hydrogen) atoms. The summed E-state index contributed by atoms with van der Waals surface area (Å²) in [4.78, 5) is 43.6. The number of nitrogens with zero attached hydrogens (tertiary/aromatic N) is 3. The molecule has 1 aliphatic heterocycles. The van der Waals surface area contributed by atoms with Gasteiger partial charge in [-0.1, -0.05) is 30.3 Å². The Kier molecular flexibility index (Phi) is 5.66. The van der Waals surface area contributed by atoms with E-state index in [2.05, 4.69) is 4.98 Å². The van der Waals surface area contributed by atoms with Crippen LogP contribution in [0.25, 0.3) is 0 Å². The summed E-state index contributed by atoms with van der Waals surface area (Å²) in [5.41, 5.74) is -1.08. The number of hydrogen-bond donors (Lipinski definition) is 1. The van der Waals surface area contributed by atoms with Crippen molar-refractivity contribution in [3.63, 3.8) is 0 Å². The zero-order valence-corrected chi connectivity index (χ0v) is 16.6. The Labute approximate surface area is 176 Å². The molecule has 0 saturated carbocycles. The molecule has 9 heteroatoms. The average Bonchev–Trinajstić information content (AvgIpc) is 2.78. The van der Waals surface area contributed by atoms with Crippen molar-refractivity contribution in [2.45, 2.75) is 6.54 Å². The van der Waals surface area contributed by atoms with E-state index in [1.165, 1.54) is 29.2 Å². The zero-order valence-electron chi connectivity index (χ0n) is 16.6. The van der Waals surface area contributed by atoms with Crippen molar-refractivity contribution in [3.8, 4) is 0 Å². The predicted octanol–water partition coefficient (Wildman–Crippen LogP) is 1.83. The Morgan fingerprint density at radius 2 is 1.55 bits per heavy atom. The molecule has 0 bridgehead atoms. The van der Waals surface area contributed by atoms with Gasteiger partial charge in [-0.3, -0.25) is 14.2 Å². The molecule has 4 rings (SSSR count). The summed E-state index contributed by atoms with van der Waals surface area (Å²) in [6.45, 7) is 1.10. The van der Waals surface area contributed by atoms with E-state index < -0.39 is 23.0 Å². The first-order chi connectivity index (χ1) is 15.0. The van der Waals surface area contributed by atoms with Crippen LogP contribution in [-0.2, 0) is 6.54 Å². The second kappa shape index (κ2) is 8.55. The molecular formula is C22H20F2N4O3. The van der Waals surface area contributed by atoms with Gasteiger partial charge in [0, 0.05) is 37.9 Å². The highest BCUT2D eigenvalue weighted by Crippen LogP contribution is 2.20. The Balaban J connectivity index is 1.53. The van der Waals surface area contributed by atoms with Gasteiger partial charge in [-0.25, -0.2) is 13.6 Å². The third kappa shape index (κ3) is 4.11. The number of para-hydroxylation sites is 1. The summed E-state index contributed by atoms with van der Waals surface area (Å²) in [7, 11) is 0. The van der Waals surface area contributed by atoms with Crippen LogP contribution in [0.2, 0.25) is 0 Å². The smallest absolute Gasteiger partial charge is 0.328 e. The molecule has 1 aromatic heterocycles. The van der Waals surface area contributed by atoms with Crippen LogP contribution in [0.15, 0.2) is 64.3 Å². The van der Waals surface area contributed by atoms with Gasteiger partial charge >= 0.3 is 5.69 Å². The predicted molar refractivity (Wildman–Crippen MR) is 111 cm³/mol. The lowest BCUT2D eigenvalue weighted by molar-refractivity contribution is 0.0743. The lowest BCUT2D eigenvalue weighted by Crippen LogP contribution is -2.50. The van der Waals surface area contributed by atoms with Crippen LogP contribution in [0.4, 0.5) is 14.5 Å². The molecule has 1 N–H and O–H groups in total. The van der Waals surface area contributed by atoms with Crippen LogP contribution < -0.4 is 16.1 Å². The van der Waals surface area contributed by atoms with E-state index in [9.17, 15) is 23.2 Å². The van der Waals surface area contributed by atoms with Gasteiger partial charge in [0.25, 0.3) is 11.5 Å². The van der Waals surface area contributed by atoms with Crippen molar-refractivity contribution >= 4 is 11.6 Å². The fourth-order valence-corrected chi connectivity index (χ4v) is 3.63. The fourth-order valence-electron chi connectivity index (χ4n) is 3.63. The molecule has 1 saturated heterocycles. The SMILES string of the molecule is O=C(c1c[nH]c(=O)n(Cc2ccccc2F)c1=O)N1CCN(c2ccccc2F)CC1. The van der Waals surface area contributed by atoms with Crippen molar-refractivity contribution in [2.24, 2.45) is 0 Å². The van der Waals surface area contributed by atoms with Crippen molar-refractivity contribution in [1.29, 1.82) is 0 Å². The summed E-state index contributed by atoms with van der Waals surface area (Å²) in [6, 6.07) is 12.2. The fraction of sp³-hybridized carbons (Fsp3) is 0.227. The van der Waals surface area contributed by atoms with Crippen LogP contribution in [0.3, 0.4) is 0 Å². The number of carbonyl (C=O) groups excluding carboxylic acids is 1. The molecule has 0 spiro atoms. The number of nitrogens with one attached hydrogen (secondary N) is 1. The maximum atomic E-state index is 14.0. The van der Waals surface area contributed by atoms with Gasteiger partial charge in [-0.15, -0.1) is 0 Å². The molecule has 0 aliphatic carbocycles. The number of amides is 1. The van der Waals surface area contributed by atoms with Crippen molar-refractivity contribution in [1.82, 2.24) is 14.5 Å². The molecule has 3 aromatic rings. The maximum Gasteiger partial charge on any atom is 0.328 e. The number of benzene rings is 2. The first-order valence-electron chi connectivity index (χ1n) is 9.80. The highest BCUT2D eigenvalue weighted by molar-refractivity contribution is 5.93. The van der Waals surface area contributed by atoms with Crippen molar-refractivity contribution in [2.75, 3.05) is 31.1 Å². The van der Waals surface area contributed by atoms with E-state index in [1.807, 2.05) is 4.90 Å². The first-order valence-corrected chi connectivity index (χ1v) is 9.80. The molecule has 160 valence electrons. The number of aromatic amines is 1. The normalized spacial score (nSPS) is 14.0. The van der Waals surface area contributed by atoms with E-state index >= 15 is 0 Å². The van der Waals surface area contributed by atoms with E-state index in [0.29, 0.717) is 31.9 Å². The molecular weight excluding hydrogens is 406 g/mol. The number of halogens is 2. The average molecular weight is 426 g/mol. The second-order valence-corrected chi connectivity index (χ2v) is 7.22. The quantitative estimate of drug-likeness (QED) is 0.691. The third-order valence-corrected chi connectivity index (χ3v) is 5.34. The highest BCUT2D eigenvalue weighted by atomic mass is 19.1. The minimum atomic E-state index is -0.784. The van der Waals surface area contributed by atoms with Gasteiger partial charge in [0.05, 0.1) is 12.2 Å². The standard InChI is InChI=1S/C22H20F2N4O3/c23-17-6-2-1-5-15(17)14-28-21(30)16(13-25-22(28)31)20(29)27-11-9-26(10-12-27)19-8-4-3-7-18(19)24/h1-8,13H,9-12,14H2,(H,25,31). The Hall–Kier alpha value is -3.75. The van der Waals surface area contributed by atoms with E-state index in [1.54, 1.807) is 24.3 Å². The van der Waals surface area contributed by atoms with Gasteiger partial charge in [0.2, 0.25) is 0 Å². The Morgan fingerprint density at radius 1 is 0.903 bits per heavy atom. The number of carbonyl (C=O) groups is 1. The van der Waals surface area contributed by atoms with Gasteiger partial charge in [-0.2, -0.15) is 0 Å². The van der Waals surface area contributed by atoms with Crippen LogP contribution >= 0.6 is 0 Å². The lowest BCUT2D eigenvalue weighted by atomic mass is 10.2. The lowest BCUT2D eigenvalue weighted by Gasteiger charge is -2.36. The molecule has 1 fully saturated rings. The molecule has 1 amide bonds. The number of H-pyrrole nitrogens is 1. The van der Waals surface area contributed by atoms with E-state index in [4.69, 9.17) is 0 Å². The third-order valence-electron chi connectivity index (χ3n) is 5.34. The van der Waals surface area contributed by atoms with Crippen molar-refractivity contribution < 1.29 is 13.6 Å². The van der Waals surface area contributed by atoms with Crippen LogP contribution in [0.5, 0.6) is 0 Å². The minimum absolute atomic E-state index is 0.165. The number of piperazine rings is 1. The summed E-state index contributed by atoms with van der Waals surface area (Å²) in [6.07, 6.45) is 1.09. The molecule has 7 nitrogen and oxygen atoms in total. The van der Waals surface area contributed by atoms with E-state index in [-0.39, 0.29) is 23.5 Å². The molecule has 2 aromatic carbocycles. The topological polar surface area (TPSA) is 78.4 Å². The van der Waals surface area contributed by atoms with Crippen LogP contribution in [0, 0.1) is 11.6 Å². The first kappa shape index (κ1) is 20.5. The van der Waals surface area contributed by atoms with Crippen molar-refractivity contribution in [3.05, 3.63) is 98.3 Å². The summed E-state index contributed by atoms with van der Waals surface area (Å²) in [5.74, 6) is -1.41. The van der Waals surface area contributed by atoms with Gasteiger partial charge < -0.3 is 14.8 Å².